The molecule has 1 heterocycles. The number of para-hydroxylation sites is 2. The Bertz CT molecular complexity index is 1130. The molecule has 1 amide bonds. The third kappa shape index (κ3) is 6.99. The van der Waals surface area contributed by atoms with E-state index in [1.807, 2.05) is 54.6 Å². The predicted octanol–water partition coefficient (Wildman–Crippen LogP) is 4.17. The fraction of sp³-hybridized carbons (Fsp3) is 0.286. The Morgan fingerprint density at radius 2 is 1.56 bits per heavy atom. The van der Waals surface area contributed by atoms with Crippen LogP contribution in [0.4, 0.5) is 11.4 Å². The lowest BCUT2D eigenvalue weighted by Crippen LogP contribution is -2.36. The number of benzene rings is 3. The van der Waals surface area contributed by atoms with Crippen molar-refractivity contribution < 1.29 is 28.5 Å². The average Bonchev–Trinajstić information content (AvgIpc) is 2.92. The molecule has 1 aliphatic heterocycles. The van der Waals surface area contributed by atoms with E-state index in [-0.39, 0.29) is 12.2 Å². The van der Waals surface area contributed by atoms with Gasteiger partial charge in [-0.1, -0.05) is 30.3 Å². The number of carbonyl (C=O) groups excluding carboxylic acids is 2. The van der Waals surface area contributed by atoms with Crippen LogP contribution in [-0.4, -0.2) is 57.5 Å². The van der Waals surface area contributed by atoms with E-state index in [1.54, 1.807) is 24.3 Å². The maximum atomic E-state index is 12.8. The number of esters is 1. The summed E-state index contributed by atoms with van der Waals surface area (Å²) >= 11 is 0. The number of morpholine rings is 1. The van der Waals surface area contributed by atoms with Crippen molar-refractivity contribution >= 4 is 23.3 Å². The Kier molecular flexibility index (Phi) is 8.77. The summed E-state index contributed by atoms with van der Waals surface area (Å²) in [5.74, 6) is 0.0480. The monoisotopic (exact) mass is 490 g/mol. The van der Waals surface area contributed by atoms with E-state index in [4.69, 9.17) is 18.9 Å². The first-order valence-corrected chi connectivity index (χ1v) is 11.9. The van der Waals surface area contributed by atoms with Gasteiger partial charge in [-0.3, -0.25) is 4.79 Å². The molecule has 3 aromatic rings. The largest absolute Gasteiger partial charge is 0.490 e. The van der Waals surface area contributed by atoms with Gasteiger partial charge in [0.25, 0.3) is 5.91 Å². The molecule has 0 bridgehead atoms. The highest BCUT2D eigenvalue weighted by atomic mass is 16.6. The summed E-state index contributed by atoms with van der Waals surface area (Å²) in [5.41, 5.74) is 1.94. The highest BCUT2D eigenvalue weighted by Gasteiger charge is 2.22. The molecule has 3 aromatic carbocycles. The molecule has 8 heteroatoms. The summed E-state index contributed by atoms with van der Waals surface area (Å²) in [6, 6.07) is 23.7. The van der Waals surface area contributed by atoms with Crippen LogP contribution >= 0.6 is 0 Å². The van der Waals surface area contributed by atoms with E-state index >= 15 is 0 Å². The molecule has 0 saturated carbocycles. The number of ether oxygens (including phenoxy) is 4. The van der Waals surface area contributed by atoms with Gasteiger partial charge in [-0.05, 0) is 55.5 Å². The molecule has 0 spiro atoms. The molecule has 188 valence electrons. The van der Waals surface area contributed by atoms with Gasteiger partial charge in [0.15, 0.2) is 6.10 Å². The first-order valence-electron chi connectivity index (χ1n) is 11.9. The molecular formula is C28H30N2O6. The van der Waals surface area contributed by atoms with Gasteiger partial charge < -0.3 is 29.2 Å². The van der Waals surface area contributed by atoms with Crippen LogP contribution in [0.25, 0.3) is 0 Å². The van der Waals surface area contributed by atoms with Gasteiger partial charge in [-0.25, -0.2) is 4.79 Å². The fourth-order valence-corrected chi connectivity index (χ4v) is 3.69. The minimum Gasteiger partial charge on any atom is -0.490 e. The Morgan fingerprint density at radius 3 is 2.31 bits per heavy atom. The second kappa shape index (κ2) is 12.6. The normalized spacial score (nSPS) is 14.0. The maximum absolute atomic E-state index is 12.8. The third-order valence-electron chi connectivity index (χ3n) is 5.62. The highest BCUT2D eigenvalue weighted by Crippen LogP contribution is 2.21. The summed E-state index contributed by atoms with van der Waals surface area (Å²) in [6.45, 7) is 5.18. The van der Waals surface area contributed by atoms with Crippen LogP contribution in [0.15, 0.2) is 78.9 Å². The molecule has 0 radical (unpaired) electrons. The summed E-state index contributed by atoms with van der Waals surface area (Å²) in [5, 5.41) is 2.79. The first-order chi connectivity index (χ1) is 17.6. The Labute approximate surface area is 210 Å². The molecule has 36 heavy (non-hydrogen) atoms. The summed E-state index contributed by atoms with van der Waals surface area (Å²) in [4.78, 5) is 27.6. The van der Waals surface area contributed by atoms with Gasteiger partial charge in [-0.15, -0.1) is 0 Å². The number of hydrogen-bond donors (Lipinski definition) is 1. The lowest BCUT2D eigenvalue weighted by atomic mass is 10.2. The van der Waals surface area contributed by atoms with Crippen LogP contribution in [-0.2, 0) is 14.3 Å². The molecule has 1 atom stereocenters. The average molecular weight is 491 g/mol. The van der Waals surface area contributed by atoms with E-state index in [1.165, 1.54) is 6.92 Å². The number of nitrogens with zero attached hydrogens (tertiary/aromatic N) is 1. The molecule has 0 unspecified atom stereocenters. The smallest absolute Gasteiger partial charge is 0.342 e. The van der Waals surface area contributed by atoms with Crippen LogP contribution in [0.5, 0.6) is 11.5 Å². The molecule has 1 saturated heterocycles. The number of hydrogen-bond acceptors (Lipinski definition) is 7. The van der Waals surface area contributed by atoms with E-state index in [2.05, 4.69) is 10.2 Å². The number of amides is 1. The summed E-state index contributed by atoms with van der Waals surface area (Å²) in [7, 11) is 0. The molecule has 8 nitrogen and oxygen atoms in total. The molecule has 1 N–H and O–H groups in total. The Morgan fingerprint density at radius 1 is 0.889 bits per heavy atom. The topological polar surface area (TPSA) is 86.3 Å². The molecule has 0 aromatic heterocycles. The number of anilines is 2. The van der Waals surface area contributed by atoms with E-state index < -0.39 is 18.0 Å². The first kappa shape index (κ1) is 25.1. The van der Waals surface area contributed by atoms with Gasteiger partial charge in [-0.2, -0.15) is 0 Å². The number of carbonyl (C=O) groups is 2. The van der Waals surface area contributed by atoms with Crippen LogP contribution in [0.1, 0.15) is 17.3 Å². The summed E-state index contributed by atoms with van der Waals surface area (Å²) in [6.07, 6.45) is -0.995. The fourth-order valence-electron chi connectivity index (χ4n) is 3.69. The molecule has 1 aliphatic rings. The van der Waals surface area contributed by atoms with Crippen molar-refractivity contribution in [2.24, 2.45) is 0 Å². The predicted molar refractivity (Wildman–Crippen MR) is 137 cm³/mol. The number of nitrogens with one attached hydrogen (secondary N) is 1. The zero-order valence-corrected chi connectivity index (χ0v) is 20.2. The second-order valence-electron chi connectivity index (χ2n) is 8.19. The molecule has 0 aliphatic carbocycles. The second-order valence-corrected chi connectivity index (χ2v) is 8.19. The van der Waals surface area contributed by atoms with Crippen LogP contribution < -0.4 is 19.7 Å². The Hall–Kier alpha value is -4.04. The number of rotatable bonds is 10. The van der Waals surface area contributed by atoms with Gasteiger partial charge in [0.1, 0.15) is 30.3 Å². The molecule has 4 rings (SSSR count). The lowest BCUT2D eigenvalue weighted by molar-refractivity contribution is -0.123. The van der Waals surface area contributed by atoms with Crippen molar-refractivity contribution in [2.75, 3.05) is 49.7 Å². The maximum Gasteiger partial charge on any atom is 0.342 e. The van der Waals surface area contributed by atoms with Crippen molar-refractivity contribution in [1.82, 2.24) is 0 Å². The SMILES string of the molecule is C[C@H](OC(=O)c1ccccc1OCCOc1ccccc1)C(=O)Nc1ccc(N2CCOCC2)cc1. The van der Waals surface area contributed by atoms with Crippen LogP contribution in [0, 0.1) is 0 Å². The van der Waals surface area contributed by atoms with Crippen molar-refractivity contribution in [3.63, 3.8) is 0 Å². The highest BCUT2D eigenvalue weighted by molar-refractivity contribution is 5.98. The molecular weight excluding hydrogens is 460 g/mol. The van der Waals surface area contributed by atoms with Gasteiger partial charge in [0.05, 0.1) is 13.2 Å². The zero-order chi connectivity index (χ0) is 25.2. The van der Waals surface area contributed by atoms with E-state index in [9.17, 15) is 9.59 Å². The van der Waals surface area contributed by atoms with Gasteiger partial charge >= 0.3 is 5.97 Å². The van der Waals surface area contributed by atoms with Gasteiger partial charge in [0, 0.05) is 24.5 Å². The van der Waals surface area contributed by atoms with Crippen molar-refractivity contribution in [3.05, 3.63) is 84.4 Å². The van der Waals surface area contributed by atoms with Crippen molar-refractivity contribution in [1.29, 1.82) is 0 Å². The third-order valence-corrected chi connectivity index (χ3v) is 5.62. The Balaban J connectivity index is 1.27. The van der Waals surface area contributed by atoms with E-state index in [0.29, 0.717) is 31.3 Å². The van der Waals surface area contributed by atoms with Crippen molar-refractivity contribution in [2.45, 2.75) is 13.0 Å². The van der Waals surface area contributed by atoms with Crippen LogP contribution in [0.3, 0.4) is 0 Å². The lowest BCUT2D eigenvalue weighted by Gasteiger charge is -2.28. The standard InChI is InChI=1S/C28H30N2O6/c1-21(27(31)29-22-11-13-23(14-12-22)30-15-17-33-18-16-30)36-28(32)25-9-5-6-10-26(25)35-20-19-34-24-7-3-2-4-8-24/h2-14,21H,15-20H2,1H3,(H,29,31)/t21-/m0/s1. The van der Waals surface area contributed by atoms with Gasteiger partial charge in [0.2, 0.25) is 0 Å². The van der Waals surface area contributed by atoms with Crippen molar-refractivity contribution in [3.8, 4) is 11.5 Å². The van der Waals surface area contributed by atoms with E-state index in [0.717, 1.165) is 24.5 Å². The quantitative estimate of drug-likeness (QED) is 0.337. The molecule has 1 fully saturated rings. The zero-order valence-electron chi connectivity index (χ0n) is 20.2. The van der Waals surface area contributed by atoms with Crippen LogP contribution in [0.2, 0.25) is 0 Å². The minimum atomic E-state index is -0.995. The summed E-state index contributed by atoms with van der Waals surface area (Å²) < 4.78 is 22.2. The minimum absolute atomic E-state index is 0.242.